The molecular formula is C25H25NO6. The molecule has 166 valence electrons. The molecule has 0 saturated carbocycles. The second kappa shape index (κ2) is 9.00. The van der Waals surface area contributed by atoms with Crippen LogP contribution in [0.2, 0.25) is 0 Å². The number of ether oxygens (including phenoxy) is 2. The predicted molar refractivity (Wildman–Crippen MR) is 122 cm³/mol. The van der Waals surface area contributed by atoms with E-state index < -0.39 is 5.54 Å². The largest absolute Gasteiger partial charge is 0.497 e. The number of nitrogens with two attached hydrogens (primary N) is 1. The Bertz CT molecular complexity index is 1290. The van der Waals surface area contributed by atoms with Crippen molar-refractivity contribution in [1.29, 1.82) is 0 Å². The first-order valence-electron chi connectivity index (χ1n) is 10.3. The summed E-state index contributed by atoms with van der Waals surface area (Å²) in [5.41, 5.74) is 6.55. The molecule has 1 aromatic heterocycles. The van der Waals surface area contributed by atoms with Crippen LogP contribution in [0.5, 0.6) is 17.2 Å². The first-order valence-corrected chi connectivity index (χ1v) is 10.3. The van der Waals surface area contributed by atoms with Crippen LogP contribution < -0.4 is 20.6 Å². The number of benzene rings is 3. The van der Waals surface area contributed by atoms with Crippen molar-refractivity contribution in [2.24, 2.45) is 5.73 Å². The van der Waals surface area contributed by atoms with E-state index in [1.54, 1.807) is 61.7 Å². The van der Waals surface area contributed by atoms with Gasteiger partial charge in [-0.2, -0.15) is 0 Å². The van der Waals surface area contributed by atoms with E-state index in [1.807, 2.05) is 6.07 Å². The van der Waals surface area contributed by atoms with Crippen LogP contribution in [0.15, 0.2) is 69.9 Å². The maximum Gasteiger partial charge on any atom is 0.200 e. The maximum atomic E-state index is 12.9. The van der Waals surface area contributed by atoms with Gasteiger partial charge in [-0.05, 0) is 66.9 Å². The van der Waals surface area contributed by atoms with Crippen molar-refractivity contribution >= 4 is 21.9 Å². The predicted octanol–water partition coefficient (Wildman–Crippen LogP) is 3.36. The molecule has 0 spiro atoms. The average molecular weight is 435 g/mol. The van der Waals surface area contributed by atoms with E-state index in [4.69, 9.17) is 19.6 Å². The van der Waals surface area contributed by atoms with Gasteiger partial charge in [-0.3, -0.25) is 4.79 Å². The zero-order valence-corrected chi connectivity index (χ0v) is 17.7. The Kier molecular flexibility index (Phi) is 6.14. The van der Waals surface area contributed by atoms with Crippen molar-refractivity contribution in [2.75, 3.05) is 20.3 Å². The quantitative estimate of drug-likeness (QED) is 0.364. The summed E-state index contributed by atoms with van der Waals surface area (Å²) in [6.07, 6.45) is 0.916. The lowest BCUT2D eigenvalue weighted by molar-refractivity contribution is 0.115. The number of rotatable bonds is 8. The summed E-state index contributed by atoms with van der Waals surface area (Å²) >= 11 is 0. The fourth-order valence-corrected chi connectivity index (χ4v) is 3.48. The molecule has 7 heteroatoms. The highest BCUT2D eigenvalue weighted by Gasteiger charge is 2.22. The van der Waals surface area contributed by atoms with Gasteiger partial charge < -0.3 is 29.8 Å². The third kappa shape index (κ3) is 4.45. The molecule has 0 radical (unpaired) electrons. The summed E-state index contributed by atoms with van der Waals surface area (Å²) < 4.78 is 17.1. The smallest absolute Gasteiger partial charge is 0.200 e. The maximum absolute atomic E-state index is 12.9. The molecule has 3 aromatic carbocycles. The Morgan fingerprint density at radius 1 is 0.875 bits per heavy atom. The molecule has 32 heavy (non-hydrogen) atoms. The normalized spacial score (nSPS) is 11.8. The Balaban J connectivity index is 1.65. The minimum Gasteiger partial charge on any atom is -0.497 e. The summed E-state index contributed by atoms with van der Waals surface area (Å²) in [6.45, 7) is -0.623. The van der Waals surface area contributed by atoms with E-state index in [2.05, 4.69) is 0 Å². The first kappa shape index (κ1) is 21.8. The molecule has 0 saturated heterocycles. The van der Waals surface area contributed by atoms with Crippen molar-refractivity contribution in [3.63, 3.8) is 0 Å². The molecule has 4 aromatic rings. The van der Waals surface area contributed by atoms with Crippen molar-refractivity contribution in [3.05, 3.63) is 76.5 Å². The zero-order valence-electron chi connectivity index (χ0n) is 17.7. The topological polar surface area (TPSA) is 115 Å². The van der Waals surface area contributed by atoms with Crippen LogP contribution in [-0.2, 0) is 6.42 Å². The van der Waals surface area contributed by atoms with Crippen LogP contribution in [0, 0.1) is 0 Å². The molecule has 4 rings (SSSR count). The summed E-state index contributed by atoms with van der Waals surface area (Å²) in [5, 5.41) is 19.7. The minimum absolute atomic E-state index is 0.123. The highest BCUT2D eigenvalue weighted by molar-refractivity contribution is 5.90. The molecule has 0 unspecified atom stereocenters. The lowest BCUT2D eigenvalue weighted by Crippen LogP contribution is -2.47. The summed E-state index contributed by atoms with van der Waals surface area (Å²) in [7, 11) is 1.60. The van der Waals surface area contributed by atoms with E-state index in [-0.39, 0.29) is 18.6 Å². The van der Waals surface area contributed by atoms with Gasteiger partial charge in [-0.25, -0.2) is 0 Å². The van der Waals surface area contributed by atoms with E-state index in [9.17, 15) is 15.0 Å². The van der Waals surface area contributed by atoms with Crippen LogP contribution in [0.25, 0.3) is 21.9 Å². The molecule has 0 aliphatic rings. The van der Waals surface area contributed by atoms with Gasteiger partial charge in [-0.15, -0.1) is 0 Å². The van der Waals surface area contributed by atoms with Gasteiger partial charge in [0.15, 0.2) is 0 Å². The second-order valence-corrected chi connectivity index (χ2v) is 7.88. The van der Waals surface area contributed by atoms with Crippen molar-refractivity contribution < 1.29 is 24.1 Å². The minimum atomic E-state index is -1.05. The summed E-state index contributed by atoms with van der Waals surface area (Å²) in [6, 6.07) is 17.7. The number of hydrogen-bond donors (Lipinski definition) is 3. The van der Waals surface area contributed by atoms with Crippen molar-refractivity contribution in [1.82, 2.24) is 0 Å². The number of methoxy groups -OCH3 is 1. The Morgan fingerprint density at radius 3 is 2.12 bits per heavy atom. The molecule has 0 aliphatic heterocycles. The fourth-order valence-electron chi connectivity index (χ4n) is 3.48. The fraction of sp³-hybridized carbons (Fsp3) is 0.240. The highest BCUT2D eigenvalue weighted by atomic mass is 16.5. The Hall–Kier alpha value is -3.39. The van der Waals surface area contributed by atoms with Crippen LogP contribution >= 0.6 is 0 Å². The number of fused-ring (bicyclic) bond motifs is 2. The molecular weight excluding hydrogens is 410 g/mol. The lowest BCUT2D eigenvalue weighted by Gasteiger charge is -2.24. The Morgan fingerprint density at radius 2 is 1.47 bits per heavy atom. The molecule has 0 atom stereocenters. The number of aliphatic hydroxyl groups excluding tert-OH is 2. The van der Waals surface area contributed by atoms with Gasteiger partial charge >= 0.3 is 0 Å². The van der Waals surface area contributed by atoms with E-state index in [0.717, 1.165) is 11.3 Å². The van der Waals surface area contributed by atoms with Crippen LogP contribution in [0.3, 0.4) is 0 Å². The van der Waals surface area contributed by atoms with Crippen LogP contribution in [0.1, 0.15) is 12.0 Å². The Labute approximate surface area is 184 Å². The van der Waals surface area contributed by atoms with Crippen LogP contribution in [-0.4, -0.2) is 36.1 Å². The molecule has 0 aliphatic carbocycles. The van der Waals surface area contributed by atoms with Crippen molar-refractivity contribution in [2.45, 2.75) is 18.4 Å². The number of aliphatic hydroxyl groups is 2. The highest BCUT2D eigenvalue weighted by Crippen LogP contribution is 2.28. The summed E-state index contributed by atoms with van der Waals surface area (Å²) in [5.74, 6) is 1.91. The standard InChI is InChI=1S/C25H25NO6/c1-30-17-3-5-18(6-4-17)31-19-7-9-21-23(13-19)32-22-12-16(2-8-20(22)24(21)29)10-11-25(26,14-27)15-28/h2-9,12-13,27-28H,10-11,14-15,26H2,1H3. The van der Waals surface area contributed by atoms with Gasteiger partial charge in [0, 0.05) is 6.07 Å². The molecule has 0 fully saturated rings. The first-order chi connectivity index (χ1) is 15.4. The summed E-state index contributed by atoms with van der Waals surface area (Å²) in [4.78, 5) is 12.9. The van der Waals surface area contributed by atoms with Gasteiger partial charge in [0.25, 0.3) is 0 Å². The third-order valence-electron chi connectivity index (χ3n) is 5.54. The van der Waals surface area contributed by atoms with E-state index in [0.29, 0.717) is 46.3 Å². The average Bonchev–Trinajstić information content (AvgIpc) is 2.83. The third-order valence-corrected chi connectivity index (χ3v) is 5.54. The molecule has 1 heterocycles. The molecule has 7 nitrogen and oxygen atoms in total. The van der Waals surface area contributed by atoms with E-state index in [1.165, 1.54) is 0 Å². The second-order valence-electron chi connectivity index (χ2n) is 7.88. The van der Waals surface area contributed by atoms with E-state index >= 15 is 0 Å². The van der Waals surface area contributed by atoms with Crippen LogP contribution in [0.4, 0.5) is 0 Å². The monoisotopic (exact) mass is 435 g/mol. The number of hydrogen-bond acceptors (Lipinski definition) is 7. The van der Waals surface area contributed by atoms with Crippen molar-refractivity contribution in [3.8, 4) is 17.2 Å². The van der Waals surface area contributed by atoms with Gasteiger partial charge in [0.2, 0.25) is 5.43 Å². The molecule has 4 N–H and O–H groups in total. The SMILES string of the molecule is COc1ccc(Oc2ccc3c(=O)c4ccc(CCC(N)(CO)CO)cc4oc3c2)cc1. The molecule has 0 amide bonds. The van der Waals surface area contributed by atoms with Gasteiger partial charge in [-0.1, -0.05) is 6.07 Å². The lowest BCUT2D eigenvalue weighted by atomic mass is 9.93. The zero-order chi connectivity index (χ0) is 22.7. The number of aryl methyl sites for hydroxylation is 1. The van der Waals surface area contributed by atoms with Gasteiger partial charge in [0.05, 0.1) is 36.6 Å². The molecule has 0 bridgehead atoms. The van der Waals surface area contributed by atoms with Gasteiger partial charge in [0.1, 0.15) is 28.4 Å².